The first-order valence-corrected chi connectivity index (χ1v) is 7.15. The Labute approximate surface area is 133 Å². The van der Waals surface area contributed by atoms with E-state index in [1.165, 1.54) is 5.56 Å². The van der Waals surface area contributed by atoms with Gasteiger partial charge in [-0.25, -0.2) is 0 Å². The predicted octanol–water partition coefficient (Wildman–Crippen LogP) is 1.87. The molecule has 0 aliphatic heterocycles. The molecule has 7 nitrogen and oxygen atoms in total. The number of hydrogen-bond acceptors (Lipinski definition) is 5. The molecule has 0 amide bonds. The normalized spacial score (nSPS) is 12.6. The molecule has 0 saturated carbocycles. The van der Waals surface area contributed by atoms with Gasteiger partial charge in [-0.15, -0.1) is 10.2 Å². The lowest BCUT2D eigenvalue weighted by Gasteiger charge is -2.04. The molecule has 3 aromatic rings. The summed E-state index contributed by atoms with van der Waals surface area (Å²) < 4.78 is 5.16. The molecular formula is C16H17N5O2. The smallest absolute Gasteiger partial charge is 0.206 e. The molecule has 0 bridgehead atoms. The lowest BCUT2D eigenvalue weighted by molar-refractivity contribution is 0.219. The maximum absolute atomic E-state index is 9.95. The fourth-order valence-corrected chi connectivity index (χ4v) is 2.26. The molecule has 118 valence electrons. The van der Waals surface area contributed by atoms with Crippen molar-refractivity contribution in [2.24, 2.45) is 0 Å². The van der Waals surface area contributed by atoms with Crippen molar-refractivity contribution < 1.29 is 9.84 Å². The molecule has 3 N–H and O–H groups in total. The van der Waals surface area contributed by atoms with E-state index in [4.69, 9.17) is 4.74 Å². The first-order valence-electron chi connectivity index (χ1n) is 7.15. The molecule has 3 rings (SSSR count). The number of aromatic amines is 2. The Hall–Kier alpha value is -2.93. The maximum Gasteiger partial charge on any atom is 0.206 e. The van der Waals surface area contributed by atoms with Gasteiger partial charge in [0.25, 0.3) is 0 Å². The van der Waals surface area contributed by atoms with E-state index in [1.807, 2.05) is 42.6 Å². The molecule has 0 fully saturated rings. The second-order valence-corrected chi connectivity index (χ2v) is 5.02. The molecule has 0 saturated heterocycles. The minimum atomic E-state index is -0.897. The van der Waals surface area contributed by atoms with Crippen molar-refractivity contribution in [3.63, 3.8) is 0 Å². The fourth-order valence-electron chi connectivity index (χ4n) is 2.26. The highest BCUT2D eigenvalue weighted by Crippen LogP contribution is 2.19. The molecule has 0 spiro atoms. The summed E-state index contributed by atoms with van der Waals surface area (Å²) in [6.07, 6.45) is 5.20. The monoisotopic (exact) mass is 311 g/mol. The number of nitrogens with zero attached hydrogens (tertiary/aromatic N) is 3. The Kier molecular flexibility index (Phi) is 4.49. The van der Waals surface area contributed by atoms with E-state index < -0.39 is 6.10 Å². The van der Waals surface area contributed by atoms with E-state index in [0.29, 0.717) is 0 Å². The molecule has 1 unspecified atom stereocenters. The van der Waals surface area contributed by atoms with Gasteiger partial charge in [-0.2, -0.15) is 5.21 Å². The summed E-state index contributed by atoms with van der Waals surface area (Å²) in [5, 5.41) is 23.2. The Morgan fingerprint density at radius 1 is 1.26 bits per heavy atom. The van der Waals surface area contributed by atoms with Crippen LogP contribution in [0.25, 0.3) is 6.08 Å². The van der Waals surface area contributed by atoms with Crippen LogP contribution >= 0.6 is 0 Å². The molecule has 0 aliphatic carbocycles. The van der Waals surface area contributed by atoms with Crippen molar-refractivity contribution in [3.05, 3.63) is 65.2 Å². The standard InChI is InChI=1S/C16H17N5O2/c1-23-13-4-2-11(3-5-13)10-12-8-9-17-14(12)6-7-15(22)16-18-20-21-19-16/h2-9,15,17,22H,10H2,1H3,(H,18,19,20,21). The Bertz CT molecular complexity index is 762. The summed E-state index contributed by atoms with van der Waals surface area (Å²) in [6.45, 7) is 0. The molecule has 1 aromatic carbocycles. The molecule has 0 radical (unpaired) electrons. The zero-order valence-corrected chi connectivity index (χ0v) is 12.6. The number of methoxy groups -OCH3 is 1. The van der Waals surface area contributed by atoms with Gasteiger partial charge in [0, 0.05) is 11.9 Å². The summed E-state index contributed by atoms with van der Waals surface area (Å²) in [6, 6.07) is 9.97. The van der Waals surface area contributed by atoms with E-state index in [-0.39, 0.29) is 5.82 Å². The van der Waals surface area contributed by atoms with Crippen LogP contribution < -0.4 is 4.74 Å². The lowest BCUT2D eigenvalue weighted by Crippen LogP contribution is -1.96. The number of aliphatic hydroxyl groups is 1. The van der Waals surface area contributed by atoms with E-state index in [1.54, 1.807) is 13.2 Å². The zero-order chi connectivity index (χ0) is 16.1. The lowest BCUT2D eigenvalue weighted by atomic mass is 10.0. The van der Waals surface area contributed by atoms with Gasteiger partial charge in [0.05, 0.1) is 7.11 Å². The van der Waals surface area contributed by atoms with Crippen molar-refractivity contribution in [1.29, 1.82) is 0 Å². The third-order valence-electron chi connectivity index (χ3n) is 3.49. The van der Waals surface area contributed by atoms with Crippen molar-refractivity contribution in [3.8, 4) is 5.75 Å². The molecule has 7 heteroatoms. The van der Waals surface area contributed by atoms with E-state index >= 15 is 0 Å². The number of ether oxygens (including phenoxy) is 1. The van der Waals surface area contributed by atoms with E-state index in [0.717, 1.165) is 23.4 Å². The summed E-state index contributed by atoms with van der Waals surface area (Å²) >= 11 is 0. The fraction of sp³-hybridized carbons (Fsp3) is 0.188. The number of hydrogen-bond donors (Lipinski definition) is 3. The number of benzene rings is 1. The first-order chi connectivity index (χ1) is 11.3. The first kappa shape index (κ1) is 15.0. The van der Waals surface area contributed by atoms with Gasteiger partial charge >= 0.3 is 0 Å². The van der Waals surface area contributed by atoms with Gasteiger partial charge in [0.1, 0.15) is 11.9 Å². The van der Waals surface area contributed by atoms with Crippen LogP contribution in [0.5, 0.6) is 5.75 Å². The third-order valence-corrected chi connectivity index (χ3v) is 3.49. The zero-order valence-electron chi connectivity index (χ0n) is 12.6. The number of tetrazole rings is 1. The topological polar surface area (TPSA) is 99.7 Å². The molecule has 0 aliphatic rings. The highest BCUT2D eigenvalue weighted by atomic mass is 16.5. The number of H-pyrrole nitrogens is 2. The molecule has 2 heterocycles. The quantitative estimate of drug-likeness (QED) is 0.645. The van der Waals surface area contributed by atoms with Crippen molar-refractivity contribution in [2.45, 2.75) is 12.5 Å². The van der Waals surface area contributed by atoms with Gasteiger partial charge in [0.2, 0.25) is 5.82 Å². The highest BCUT2D eigenvalue weighted by Gasteiger charge is 2.09. The number of aliphatic hydroxyl groups excluding tert-OH is 1. The molecule has 1 atom stereocenters. The molecule has 2 aromatic heterocycles. The Morgan fingerprint density at radius 3 is 2.78 bits per heavy atom. The van der Waals surface area contributed by atoms with E-state index in [9.17, 15) is 5.11 Å². The van der Waals surface area contributed by atoms with Crippen molar-refractivity contribution >= 4 is 6.08 Å². The highest BCUT2D eigenvalue weighted by molar-refractivity contribution is 5.51. The van der Waals surface area contributed by atoms with Crippen LogP contribution in [0.1, 0.15) is 28.7 Å². The predicted molar refractivity (Wildman–Crippen MR) is 84.8 cm³/mol. The maximum atomic E-state index is 9.95. The van der Waals surface area contributed by atoms with Crippen LogP contribution in [0.4, 0.5) is 0 Å². The second-order valence-electron chi connectivity index (χ2n) is 5.02. The third kappa shape index (κ3) is 3.64. The average Bonchev–Trinajstić information content (AvgIpc) is 3.25. The van der Waals surface area contributed by atoms with Crippen molar-refractivity contribution in [2.75, 3.05) is 7.11 Å². The van der Waals surface area contributed by atoms with Crippen LogP contribution in [-0.4, -0.2) is 37.8 Å². The van der Waals surface area contributed by atoms with Crippen LogP contribution in [-0.2, 0) is 6.42 Å². The minimum absolute atomic E-state index is 0.240. The average molecular weight is 311 g/mol. The minimum Gasteiger partial charge on any atom is -0.497 e. The van der Waals surface area contributed by atoms with E-state index in [2.05, 4.69) is 25.6 Å². The largest absolute Gasteiger partial charge is 0.497 e. The second kappa shape index (κ2) is 6.89. The SMILES string of the molecule is COc1ccc(Cc2cc[nH]c2C=CC(O)c2nn[nH]n2)cc1. The van der Waals surface area contributed by atoms with Crippen molar-refractivity contribution in [1.82, 2.24) is 25.6 Å². The molecule has 23 heavy (non-hydrogen) atoms. The molecular weight excluding hydrogens is 294 g/mol. The van der Waals surface area contributed by atoms with Gasteiger partial charge < -0.3 is 14.8 Å². The summed E-state index contributed by atoms with van der Waals surface area (Å²) in [4.78, 5) is 3.16. The number of rotatable bonds is 6. The van der Waals surface area contributed by atoms with Crippen LogP contribution in [0.3, 0.4) is 0 Å². The Morgan fingerprint density at radius 2 is 2.09 bits per heavy atom. The van der Waals surface area contributed by atoms with Gasteiger partial charge in [-0.1, -0.05) is 17.3 Å². The van der Waals surface area contributed by atoms with Gasteiger partial charge in [0.15, 0.2) is 0 Å². The van der Waals surface area contributed by atoms with Crippen LogP contribution in [0.15, 0.2) is 42.6 Å². The summed E-state index contributed by atoms with van der Waals surface area (Å²) in [5.41, 5.74) is 3.24. The van der Waals surface area contributed by atoms with Crippen LogP contribution in [0.2, 0.25) is 0 Å². The Balaban J connectivity index is 1.71. The summed E-state index contributed by atoms with van der Waals surface area (Å²) in [5.74, 6) is 1.08. The number of nitrogens with one attached hydrogen (secondary N) is 2. The van der Waals surface area contributed by atoms with Gasteiger partial charge in [-0.3, -0.25) is 0 Å². The summed E-state index contributed by atoms with van der Waals surface area (Å²) in [7, 11) is 1.65. The number of aromatic nitrogens is 5. The van der Waals surface area contributed by atoms with Gasteiger partial charge in [-0.05, 0) is 47.9 Å². The van der Waals surface area contributed by atoms with Crippen LogP contribution in [0, 0.1) is 0 Å².